The van der Waals surface area contributed by atoms with Gasteiger partial charge >= 0.3 is 0 Å². The minimum absolute atomic E-state index is 0.00401. The summed E-state index contributed by atoms with van der Waals surface area (Å²) in [5, 5.41) is 15.7. The molecule has 0 aliphatic carbocycles. The number of anilines is 1. The Labute approximate surface area is 218 Å². The molecule has 4 rings (SSSR count). The van der Waals surface area contributed by atoms with Gasteiger partial charge in [-0.05, 0) is 88.2 Å². The number of aliphatic hydroxyl groups excluding tert-OH is 1. The van der Waals surface area contributed by atoms with Gasteiger partial charge in [0.05, 0.1) is 23.1 Å². The first-order valence-corrected chi connectivity index (χ1v) is 13.2. The Morgan fingerprint density at radius 1 is 1.11 bits per heavy atom. The molecule has 2 N–H and O–H groups in total. The summed E-state index contributed by atoms with van der Waals surface area (Å²) in [5.74, 6) is 0.436. The lowest BCUT2D eigenvalue weighted by Gasteiger charge is -2.30. The highest BCUT2D eigenvalue weighted by molar-refractivity contribution is 6.32. The standard InChI is InChI=1S/C27H35Cl2N3O3/c1-18(2)35-25-10-5-19(15-23(25)29)26(33)24(17-31-12-3-4-13-31)30-27(34)20-11-14-32(16-20)22-8-6-21(28)7-9-22/h5-10,15,18,20,24,26,33H,3-4,11-14,16-17H2,1-2H3,(H,30,34)/t20-,24-,26-/m1/s1. The maximum Gasteiger partial charge on any atom is 0.225 e. The first-order valence-electron chi connectivity index (χ1n) is 12.5. The van der Waals surface area contributed by atoms with Gasteiger partial charge in [-0.2, -0.15) is 0 Å². The van der Waals surface area contributed by atoms with Crippen molar-refractivity contribution in [1.82, 2.24) is 10.2 Å². The Morgan fingerprint density at radius 3 is 2.49 bits per heavy atom. The van der Waals surface area contributed by atoms with Crippen molar-refractivity contribution in [3.8, 4) is 5.75 Å². The van der Waals surface area contributed by atoms with Gasteiger partial charge in [-0.3, -0.25) is 4.79 Å². The maximum atomic E-state index is 13.3. The average Bonchev–Trinajstić information content (AvgIpc) is 3.52. The van der Waals surface area contributed by atoms with Crippen molar-refractivity contribution < 1.29 is 14.6 Å². The minimum atomic E-state index is -0.876. The van der Waals surface area contributed by atoms with Gasteiger partial charge in [0.25, 0.3) is 0 Å². The molecule has 190 valence electrons. The summed E-state index contributed by atoms with van der Waals surface area (Å²) in [6.07, 6.45) is 2.18. The van der Waals surface area contributed by atoms with Crippen molar-refractivity contribution in [3.05, 3.63) is 58.1 Å². The van der Waals surface area contributed by atoms with Crippen molar-refractivity contribution in [2.75, 3.05) is 37.6 Å². The number of hydrogen-bond acceptors (Lipinski definition) is 5. The van der Waals surface area contributed by atoms with Crippen molar-refractivity contribution in [3.63, 3.8) is 0 Å². The third-order valence-corrected chi connectivity index (χ3v) is 7.32. The number of halogens is 2. The molecule has 2 aliphatic heterocycles. The van der Waals surface area contributed by atoms with Crippen molar-refractivity contribution in [2.24, 2.45) is 5.92 Å². The Kier molecular flexibility index (Phi) is 8.82. The summed E-state index contributed by atoms with van der Waals surface area (Å²) >= 11 is 12.5. The lowest BCUT2D eigenvalue weighted by atomic mass is 10.00. The number of nitrogens with one attached hydrogen (secondary N) is 1. The molecule has 8 heteroatoms. The summed E-state index contributed by atoms with van der Waals surface area (Å²) < 4.78 is 5.73. The molecule has 1 amide bonds. The zero-order chi connectivity index (χ0) is 24.9. The van der Waals surface area contributed by atoms with E-state index >= 15 is 0 Å². The number of aliphatic hydroxyl groups is 1. The van der Waals surface area contributed by atoms with E-state index in [2.05, 4.69) is 15.1 Å². The molecule has 0 aromatic heterocycles. The Morgan fingerprint density at radius 2 is 1.83 bits per heavy atom. The molecule has 2 saturated heterocycles. The van der Waals surface area contributed by atoms with Gasteiger partial charge in [-0.1, -0.05) is 29.3 Å². The molecule has 0 spiro atoms. The average molecular weight is 521 g/mol. The van der Waals surface area contributed by atoms with Crippen LogP contribution in [0.4, 0.5) is 5.69 Å². The van der Waals surface area contributed by atoms with Crippen LogP contribution in [-0.2, 0) is 4.79 Å². The first kappa shape index (κ1) is 26.1. The number of nitrogens with zero attached hydrogens (tertiary/aromatic N) is 2. The largest absolute Gasteiger partial charge is 0.489 e. The van der Waals surface area contributed by atoms with Gasteiger partial charge < -0.3 is 25.0 Å². The molecule has 3 atom stereocenters. The quantitative estimate of drug-likeness (QED) is 0.492. The van der Waals surface area contributed by atoms with Crippen molar-refractivity contribution >= 4 is 34.8 Å². The van der Waals surface area contributed by atoms with Gasteiger partial charge in [-0.25, -0.2) is 0 Å². The van der Waals surface area contributed by atoms with E-state index < -0.39 is 12.1 Å². The Hall–Kier alpha value is -1.99. The van der Waals surface area contributed by atoms with E-state index in [9.17, 15) is 9.90 Å². The summed E-state index contributed by atoms with van der Waals surface area (Å²) in [6.45, 7) is 7.90. The molecule has 0 bridgehead atoms. The number of likely N-dealkylation sites (tertiary alicyclic amines) is 1. The fraction of sp³-hybridized carbons (Fsp3) is 0.519. The zero-order valence-electron chi connectivity index (χ0n) is 20.4. The highest BCUT2D eigenvalue weighted by Gasteiger charge is 2.33. The molecule has 35 heavy (non-hydrogen) atoms. The van der Waals surface area contributed by atoms with Crippen LogP contribution in [0.3, 0.4) is 0 Å². The monoisotopic (exact) mass is 519 g/mol. The fourth-order valence-electron chi connectivity index (χ4n) is 4.91. The van der Waals surface area contributed by atoms with Gasteiger partial charge in [0.2, 0.25) is 5.91 Å². The molecule has 0 unspecified atom stereocenters. The molecule has 2 aliphatic rings. The molecule has 0 radical (unpaired) electrons. The maximum absolute atomic E-state index is 13.3. The fourth-order valence-corrected chi connectivity index (χ4v) is 5.27. The van der Waals surface area contributed by atoms with Crippen LogP contribution in [0.5, 0.6) is 5.75 Å². The van der Waals surface area contributed by atoms with E-state index in [1.807, 2.05) is 44.2 Å². The molecule has 2 heterocycles. The summed E-state index contributed by atoms with van der Waals surface area (Å²) in [5.41, 5.74) is 1.74. The van der Waals surface area contributed by atoms with Crippen LogP contribution in [0.1, 0.15) is 44.8 Å². The lowest BCUT2D eigenvalue weighted by molar-refractivity contribution is -0.126. The zero-order valence-corrected chi connectivity index (χ0v) is 21.9. The third kappa shape index (κ3) is 6.82. The number of hydrogen-bond donors (Lipinski definition) is 2. The lowest BCUT2D eigenvalue weighted by Crippen LogP contribution is -2.48. The van der Waals surface area contributed by atoms with Crippen molar-refractivity contribution in [2.45, 2.75) is 51.4 Å². The van der Waals surface area contributed by atoms with E-state index in [0.29, 0.717) is 34.4 Å². The Balaban J connectivity index is 1.45. The van der Waals surface area contributed by atoms with Crippen LogP contribution >= 0.6 is 23.2 Å². The SMILES string of the molecule is CC(C)Oc1ccc([C@@H](O)[C@@H](CN2CCCC2)NC(=O)[C@@H]2CCN(c3ccc(Cl)cc3)C2)cc1Cl. The number of carbonyl (C=O) groups excluding carboxylic acids is 1. The molecular weight excluding hydrogens is 485 g/mol. The smallest absolute Gasteiger partial charge is 0.225 e. The molecule has 0 saturated carbocycles. The van der Waals surface area contributed by atoms with Crippen LogP contribution in [-0.4, -0.2) is 60.8 Å². The van der Waals surface area contributed by atoms with E-state index in [4.69, 9.17) is 27.9 Å². The first-order chi connectivity index (χ1) is 16.8. The Bertz CT molecular complexity index is 996. The molecule has 2 aromatic carbocycles. The van der Waals surface area contributed by atoms with E-state index in [0.717, 1.165) is 44.6 Å². The molecule has 2 aromatic rings. The molecular formula is C27H35Cl2N3O3. The van der Waals surface area contributed by atoms with Crippen LogP contribution < -0.4 is 15.0 Å². The number of rotatable bonds is 9. The second-order valence-corrected chi connectivity index (χ2v) is 10.7. The molecule has 6 nitrogen and oxygen atoms in total. The predicted molar refractivity (Wildman–Crippen MR) is 142 cm³/mol. The van der Waals surface area contributed by atoms with Crippen LogP contribution in [0.25, 0.3) is 0 Å². The topological polar surface area (TPSA) is 65.0 Å². The normalized spacial score (nSPS) is 20.3. The molecule has 2 fully saturated rings. The summed E-state index contributed by atoms with van der Waals surface area (Å²) in [6, 6.07) is 12.6. The van der Waals surface area contributed by atoms with E-state index in [1.54, 1.807) is 12.1 Å². The van der Waals surface area contributed by atoms with Crippen molar-refractivity contribution in [1.29, 1.82) is 0 Å². The third-order valence-electron chi connectivity index (χ3n) is 6.77. The predicted octanol–water partition coefficient (Wildman–Crippen LogP) is 4.92. The minimum Gasteiger partial charge on any atom is -0.489 e. The van der Waals surface area contributed by atoms with E-state index in [1.165, 1.54) is 0 Å². The number of carbonyl (C=O) groups is 1. The highest BCUT2D eigenvalue weighted by Crippen LogP contribution is 2.31. The van der Waals surface area contributed by atoms with Gasteiger partial charge in [-0.15, -0.1) is 0 Å². The van der Waals surface area contributed by atoms with Gasteiger partial charge in [0, 0.05) is 30.3 Å². The van der Waals surface area contributed by atoms with Crippen LogP contribution in [0.2, 0.25) is 10.0 Å². The summed E-state index contributed by atoms with van der Waals surface area (Å²) in [7, 11) is 0. The number of ether oxygens (including phenoxy) is 1. The second-order valence-electron chi connectivity index (χ2n) is 9.83. The van der Waals surface area contributed by atoms with Crippen LogP contribution in [0, 0.1) is 5.92 Å². The van der Waals surface area contributed by atoms with Gasteiger partial charge in [0.1, 0.15) is 11.9 Å². The number of benzene rings is 2. The summed E-state index contributed by atoms with van der Waals surface area (Å²) in [4.78, 5) is 17.8. The van der Waals surface area contributed by atoms with E-state index in [-0.39, 0.29) is 17.9 Å². The highest BCUT2D eigenvalue weighted by atomic mass is 35.5. The van der Waals surface area contributed by atoms with Crippen LogP contribution in [0.15, 0.2) is 42.5 Å². The van der Waals surface area contributed by atoms with Gasteiger partial charge in [0.15, 0.2) is 0 Å². The number of amides is 1. The second kappa shape index (κ2) is 11.8.